The number of rotatable bonds is 16. The molecule has 0 aliphatic heterocycles. The van der Waals surface area contributed by atoms with Crippen molar-refractivity contribution in [3.05, 3.63) is 12.7 Å². The number of hydrogen-bond donors (Lipinski definition) is 3. The summed E-state index contributed by atoms with van der Waals surface area (Å²) in [6.45, 7) is 7.75. The molecule has 10 heteroatoms. The van der Waals surface area contributed by atoms with Crippen LogP contribution in [0.5, 0.6) is 0 Å². The molecule has 0 aromatic heterocycles. The summed E-state index contributed by atoms with van der Waals surface area (Å²) in [5, 5.41) is 9.74. The van der Waals surface area contributed by atoms with Crippen LogP contribution in [0, 0.1) is 5.92 Å². The lowest BCUT2D eigenvalue weighted by Crippen LogP contribution is -2.32. The summed E-state index contributed by atoms with van der Waals surface area (Å²) in [5.74, 6) is -0.145. The van der Waals surface area contributed by atoms with Crippen molar-refractivity contribution in [1.29, 1.82) is 0 Å². The van der Waals surface area contributed by atoms with Crippen LogP contribution >= 0.6 is 7.60 Å². The van der Waals surface area contributed by atoms with Gasteiger partial charge in [-0.15, -0.1) is 0 Å². The van der Waals surface area contributed by atoms with E-state index in [1.54, 1.807) is 0 Å². The largest absolute Gasteiger partial charge is 0.460 e. The second kappa shape index (κ2) is 14.3. The average molecular weight is 398 g/mol. The van der Waals surface area contributed by atoms with Gasteiger partial charge in [-0.3, -0.25) is 4.57 Å². The summed E-state index contributed by atoms with van der Waals surface area (Å²) in [7, 11) is -4.11. The minimum Gasteiger partial charge on any atom is -0.460 e. The van der Waals surface area contributed by atoms with E-state index in [9.17, 15) is 14.5 Å². The quantitative estimate of drug-likeness (QED) is 0.149. The first-order valence-corrected chi connectivity index (χ1v) is 10.2. The highest BCUT2D eigenvalue weighted by Gasteiger charge is 2.16. The van der Waals surface area contributed by atoms with E-state index < -0.39 is 25.8 Å². The van der Waals surface area contributed by atoms with Crippen LogP contribution in [0.1, 0.15) is 20.3 Å². The van der Waals surface area contributed by atoms with Crippen molar-refractivity contribution in [3.8, 4) is 0 Å². The smallest absolute Gasteiger partial charge is 0.330 e. The van der Waals surface area contributed by atoms with Crippen molar-refractivity contribution in [2.24, 2.45) is 5.92 Å². The number of carbonyl (C=O) groups excluding carboxylic acids is 1. The third kappa shape index (κ3) is 16.7. The van der Waals surface area contributed by atoms with E-state index >= 15 is 0 Å². The Morgan fingerprint density at radius 2 is 1.73 bits per heavy atom. The predicted octanol–water partition coefficient (Wildman–Crippen LogP) is 0.719. The number of esters is 1. The zero-order chi connectivity index (χ0) is 20.0. The van der Waals surface area contributed by atoms with E-state index in [1.807, 2.05) is 0 Å². The third-order valence-electron chi connectivity index (χ3n) is 3.08. The molecule has 0 rings (SSSR count). The summed E-state index contributed by atoms with van der Waals surface area (Å²) in [5.41, 5.74) is 0. The van der Waals surface area contributed by atoms with Crippen LogP contribution in [-0.2, 0) is 28.3 Å². The van der Waals surface area contributed by atoms with Crippen molar-refractivity contribution in [1.82, 2.24) is 0 Å². The van der Waals surface area contributed by atoms with Gasteiger partial charge in [-0.1, -0.05) is 20.4 Å². The molecule has 0 radical (unpaired) electrons. The molecule has 0 amide bonds. The van der Waals surface area contributed by atoms with Crippen LogP contribution in [0.2, 0.25) is 0 Å². The van der Waals surface area contributed by atoms with E-state index in [0.717, 1.165) is 12.5 Å². The fourth-order valence-electron chi connectivity index (χ4n) is 1.61. The van der Waals surface area contributed by atoms with Gasteiger partial charge < -0.3 is 33.8 Å². The second-order valence-electron chi connectivity index (χ2n) is 6.16. The number of hydrogen-bond acceptors (Lipinski definition) is 7. The highest BCUT2D eigenvalue weighted by atomic mass is 31.2. The SMILES string of the molecule is C=CC(=O)OCC(O)COC(COCCC(C)C)COCCP(=O)(O)O. The molecule has 0 aliphatic carbocycles. The van der Waals surface area contributed by atoms with Crippen LogP contribution in [-0.4, -0.2) is 78.9 Å². The minimum absolute atomic E-state index is 0.0564. The minimum atomic E-state index is -4.11. The van der Waals surface area contributed by atoms with Crippen LogP contribution in [0.25, 0.3) is 0 Å². The summed E-state index contributed by atoms with van der Waals surface area (Å²) in [4.78, 5) is 28.5. The average Bonchev–Trinajstić information content (AvgIpc) is 2.55. The van der Waals surface area contributed by atoms with Crippen molar-refractivity contribution in [2.45, 2.75) is 32.5 Å². The molecule has 0 aromatic rings. The van der Waals surface area contributed by atoms with E-state index in [-0.39, 0.29) is 39.2 Å². The maximum atomic E-state index is 10.9. The molecular formula is C16H31O9P. The Labute approximate surface area is 154 Å². The fourth-order valence-corrected chi connectivity index (χ4v) is 1.98. The zero-order valence-corrected chi connectivity index (χ0v) is 16.3. The van der Waals surface area contributed by atoms with Gasteiger partial charge in [-0.2, -0.15) is 0 Å². The topological polar surface area (TPSA) is 132 Å². The summed E-state index contributed by atoms with van der Waals surface area (Å²) < 4.78 is 31.7. The molecule has 2 atom stereocenters. The fraction of sp³-hybridized carbons (Fsp3) is 0.812. The molecule has 3 N–H and O–H groups in total. The summed E-state index contributed by atoms with van der Waals surface area (Å²) >= 11 is 0. The Morgan fingerprint density at radius 3 is 2.27 bits per heavy atom. The molecule has 2 unspecified atom stereocenters. The van der Waals surface area contributed by atoms with E-state index in [2.05, 4.69) is 20.4 Å². The second-order valence-corrected chi connectivity index (χ2v) is 7.94. The van der Waals surface area contributed by atoms with Crippen LogP contribution < -0.4 is 0 Å². The van der Waals surface area contributed by atoms with E-state index in [4.69, 9.17) is 28.7 Å². The first-order chi connectivity index (χ1) is 12.1. The van der Waals surface area contributed by atoms with Crippen molar-refractivity contribution >= 4 is 13.6 Å². The van der Waals surface area contributed by atoms with Crippen molar-refractivity contribution in [2.75, 3.05) is 45.8 Å². The van der Waals surface area contributed by atoms with Gasteiger partial charge in [0.15, 0.2) is 0 Å². The van der Waals surface area contributed by atoms with Gasteiger partial charge in [0.1, 0.15) is 18.8 Å². The Kier molecular flexibility index (Phi) is 13.8. The number of aliphatic hydroxyl groups excluding tert-OH is 1. The standard InChI is InChI=1S/C16H31O9P/c1-4-16(18)25-10-14(17)9-24-15(11-22-6-5-13(2)3)12-23-7-8-26(19,20)21/h4,13-15,17H,1,5-12H2,2-3H3,(H2,19,20,21). The maximum Gasteiger partial charge on any atom is 0.330 e. The molecule has 0 saturated carbocycles. The monoisotopic (exact) mass is 398 g/mol. The molecule has 0 fully saturated rings. The Hall–Kier alpha value is -0.800. The lowest BCUT2D eigenvalue weighted by molar-refractivity contribution is -0.143. The number of aliphatic hydroxyl groups is 1. The third-order valence-corrected chi connectivity index (χ3v) is 3.85. The Morgan fingerprint density at radius 1 is 1.12 bits per heavy atom. The molecule has 9 nitrogen and oxygen atoms in total. The summed E-state index contributed by atoms with van der Waals surface area (Å²) in [6.07, 6.45) is -0.0517. The van der Waals surface area contributed by atoms with Gasteiger partial charge in [0.2, 0.25) is 0 Å². The van der Waals surface area contributed by atoms with Gasteiger partial charge in [0.05, 0.1) is 32.6 Å². The van der Waals surface area contributed by atoms with E-state index in [1.165, 1.54) is 0 Å². The maximum absolute atomic E-state index is 10.9. The first-order valence-electron chi connectivity index (χ1n) is 8.43. The van der Waals surface area contributed by atoms with Gasteiger partial charge in [0, 0.05) is 12.7 Å². The molecule has 0 saturated heterocycles. The molecular weight excluding hydrogens is 367 g/mol. The lowest BCUT2D eigenvalue weighted by Gasteiger charge is -2.20. The van der Waals surface area contributed by atoms with Gasteiger partial charge >= 0.3 is 13.6 Å². The van der Waals surface area contributed by atoms with Crippen molar-refractivity contribution < 1.29 is 43.2 Å². The van der Waals surface area contributed by atoms with Crippen LogP contribution in [0.4, 0.5) is 0 Å². The molecule has 26 heavy (non-hydrogen) atoms. The van der Waals surface area contributed by atoms with Crippen LogP contribution in [0.15, 0.2) is 12.7 Å². The van der Waals surface area contributed by atoms with Gasteiger partial charge in [-0.25, -0.2) is 4.79 Å². The molecule has 0 spiro atoms. The Bertz CT molecular complexity index is 435. The number of ether oxygens (including phenoxy) is 4. The normalized spacial score (nSPS) is 14.2. The molecule has 0 heterocycles. The molecule has 0 aromatic carbocycles. The highest BCUT2D eigenvalue weighted by Crippen LogP contribution is 2.33. The zero-order valence-electron chi connectivity index (χ0n) is 15.4. The molecule has 154 valence electrons. The van der Waals surface area contributed by atoms with E-state index in [0.29, 0.717) is 12.5 Å². The lowest BCUT2D eigenvalue weighted by atomic mass is 10.1. The number of carbonyl (C=O) groups is 1. The molecule has 0 bridgehead atoms. The highest BCUT2D eigenvalue weighted by molar-refractivity contribution is 7.51. The van der Waals surface area contributed by atoms with Crippen LogP contribution in [0.3, 0.4) is 0 Å². The summed E-state index contributed by atoms with van der Waals surface area (Å²) in [6, 6.07) is 0. The van der Waals surface area contributed by atoms with Gasteiger partial charge in [0.25, 0.3) is 0 Å². The Balaban J connectivity index is 4.22. The van der Waals surface area contributed by atoms with Gasteiger partial charge in [-0.05, 0) is 12.3 Å². The first kappa shape index (κ1) is 25.2. The molecule has 0 aliphatic rings. The predicted molar refractivity (Wildman–Crippen MR) is 94.9 cm³/mol. The van der Waals surface area contributed by atoms with Crippen molar-refractivity contribution in [3.63, 3.8) is 0 Å².